The molecule has 1 atom stereocenters. The van der Waals surface area contributed by atoms with Crippen LogP contribution in [0.25, 0.3) is 0 Å². The van der Waals surface area contributed by atoms with Gasteiger partial charge in [-0.3, -0.25) is 9.59 Å². The molecule has 23 heavy (non-hydrogen) atoms. The third kappa shape index (κ3) is 5.99. The van der Waals surface area contributed by atoms with E-state index in [1.165, 1.54) is 12.5 Å². The summed E-state index contributed by atoms with van der Waals surface area (Å²) in [7, 11) is 0. The molecule has 1 aromatic rings. The molecular formula is C18H24O4S. The number of aliphatic carboxylic acids is 1. The minimum absolute atomic E-state index is 0.0559. The van der Waals surface area contributed by atoms with Crippen LogP contribution in [0, 0.1) is 5.92 Å². The normalized spacial score (nSPS) is 22.5. The maximum atomic E-state index is 11.2. The molecule has 0 saturated heterocycles. The highest BCUT2D eigenvalue weighted by molar-refractivity contribution is 8.13. The Morgan fingerprint density at radius 1 is 1.22 bits per heavy atom. The van der Waals surface area contributed by atoms with Crippen LogP contribution in [0.1, 0.15) is 44.1 Å². The van der Waals surface area contributed by atoms with Gasteiger partial charge < -0.3 is 9.84 Å². The molecule has 2 rings (SSSR count). The lowest BCUT2D eigenvalue weighted by atomic mass is 9.83. The van der Waals surface area contributed by atoms with E-state index in [0.29, 0.717) is 5.92 Å². The number of carbonyl (C=O) groups is 2. The van der Waals surface area contributed by atoms with Crippen molar-refractivity contribution in [1.82, 2.24) is 0 Å². The van der Waals surface area contributed by atoms with Gasteiger partial charge in [-0.1, -0.05) is 42.1 Å². The van der Waals surface area contributed by atoms with Crippen molar-refractivity contribution in [2.75, 3.05) is 12.4 Å². The number of thioether (sulfide) groups is 1. The molecule has 126 valence electrons. The summed E-state index contributed by atoms with van der Waals surface area (Å²) in [5, 5.41) is 9.15. The number of benzene rings is 1. The molecule has 1 aliphatic rings. The van der Waals surface area contributed by atoms with Crippen molar-refractivity contribution in [1.29, 1.82) is 0 Å². The van der Waals surface area contributed by atoms with E-state index in [4.69, 9.17) is 4.74 Å². The third-order valence-corrected chi connectivity index (χ3v) is 5.29. The van der Waals surface area contributed by atoms with E-state index in [0.717, 1.165) is 37.4 Å². The van der Waals surface area contributed by atoms with Gasteiger partial charge in [0, 0.05) is 12.7 Å². The maximum Gasteiger partial charge on any atom is 0.309 e. The summed E-state index contributed by atoms with van der Waals surface area (Å²) in [6.07, 6.45) is 4.22. The maximum absolute atomic E-state index is 11.2. The van der Waals surface area contributed by atoms with Gasteiger partial charge in [0.25, 0.3) is 0 Å². The Morgan fingerprint density at radius 2 is 1.87 bits per heavy atom. The van der Waals surface area contributed by atoms with Crippen molar-refractivity contribution in [2.24, 2.45) is 5.92 Å². The van der Waals surface area contributed by atoms with Gasteiger partial charge in [0.2, 0.25) is 0 Å². The molecule has 0 bridgehead atoms. The first-order valence-corrected chi connectivity index (χ1v) is 9.07. The van der Waals surface area contributed by atoms with Crippen molar-refractivity contribution in [3.63, 3.8) is 0 Å². The highest BCUT2D eigenvalue weighted by Crippen LogP contribution is 2.34. The van der Waals surface area contributed by atoms with Crippen LogP contribution in [-0.2, 0) is 14.3 Å². The quantitative estimate of drug-likeness (QED) is 0.822. The minimum Gasteiger partial charge on any atom is -0.481 e. The molecule has 5 heteroatoms. The minimum atomic E-state index is -0.892. The van der Waals surface area contributed by atoms with Crippen LogP contribution in [0.5, 0.6) is 0 Å². The van der Waals surface area contributed by atoms with Crippen LogP contribution in [0.4, 0.5) is 0 Å². The first-order valence-electron chi connectivity index (χ1n) is 8.09. The summed E-state index contributed by atoms with van der Waals surface area (Å²) in [6, 6.07) is 10.5. The Hall–Kier alpha value is -1.33. The Kier molecular flexibility index (Phi) is 7.12. The first kappa shape index (κ1) is 18.0. The Labute approximate surface area is 141 Å². The van der Waals surface area contributed by atoms with Gasteiger partial charge in [0.15, 0.2) is 5.12 Å². The summed E-state index contributed by atoms with van der Waals surface area (Å²) in [4.78, 5) is 22.2. The van der Waals surface area contributed by atoms with Gasteiger partial charge in [-0.05, 0) is 37.2 Å². The van der Waals surface area contributed by atoms with Crippen molar-refractivity contribution in [2.45, 2.75) is 44.6 Å². The first-order chi connectivity index (χ1) is 11.1. The number of hydrogen-bond acceptors (Lipinski definition) is 4. The fourth-order valence-corrected chi connectivity index (χ4v) is 3.62. The molecule has 0 spiro atoms. The highest BCUT2D eigenvalue weighted by Gasteiger charge is 2.25. The predicted molar refractivity (Wildman–Crippen MR) is 91.7 cm³/mol. The molecule has 0 aromatic heterocycles. The standard InChI is InChI=1S/C18H24O4S/c1-13(19)23-12-16(18(20)21)11-22-17-9-7-15(8-10-17)14-5-3-2-4-6-14/h2-6,15-17H,7-12H2,1H3,(H,20,21). The molecule has 4 nitrogen and oxygen atoms in total. The second-order valence-electron chi connectivity index (χ2n) is 6.06. The van der Waals surface area contributed by atoms with Crippen LogP contribution < -0.4 is 0 Å². The summed E-state index contributed by atoms with van der Waals surface area (Å²) in [5.74, 6) is -0.642. The zero-order valence-electron chi connectivity index (χ0n) is 13.4. The summed E-state index contributed by atoms with van der Waals surface area (Å²) < 4.78 is 5.82. The van der Waals surface area contributed by atoms with E-state index in [9.17, 15) is 14.7 Å². The van der Waals surface area contributed by atoms with Gasteiger partial charge in [-0.15, -0.1) is 0 Å². The van der Waals surface area contributed by atoms with Crippen LogP contribution in [0.2, 0.25) is 0 Å². The van der Waals surface area contributed by atoms with Gasteiger partial charge in [-0.2, -0.15) is 0 Å². The second-order valence-corrected chi connectivity index (χ2v) is 7.25. The average Bonchev–Trinajstić information content (AvgIpc) is 2.55. The van der Waals surface area contributed by atoms with Crippen molar-refractivity contribution >= 4 is 22.8 Å². The molecule has 0 aliphatic heterocycles. The average molecular weight is 336 g/mol. The number of carboxylic acid groups (broad SMARTS) is 1. The van der Waals surface area contributed by atoms with E-state index < -0.39 is 11.9 Å². The Balaban J connectivity index is 1.75. The number of ether oxygens (including phenoxy) is 1. The molecule has 1 N–H and O–H groups in total. The Morgan fingerprint density at radius 3 is 2.43 bits per heavy atom. The molecule has 0 heterocycles. The van der Waals surface area contributed by atoms with Crippen molar-refractivity contribution in [3.8, 4) is 0 Å². The molecule has 1 aliphatic carbocycles. The van der Waals surface area contributed by atoms with Gasteiger partial charge in [0.05, 0.1) is 18.6 Å². The van der Waals surface area contributed by atoms with E-state index in [2.05, 4.69) is 24.3 Å². The van der Waals surface area contributed by atoms with Gasteiger partial charge >= 0.3 is 5.97 Å². The van der Waals surface area contributed by atoms with Gasteiger partial charge in [-0.25, -0.2) is 0 Å². The smallest absolute Gasteiger partial charge is 0.309 e. The summed E-state index contributed by atoms with van der Waals surface area (Å²) in [5.41, 5.74) is 1.38. The van der Waals surface area contributed by atoms with Crippen molar-refractivity contribution < 1.29 is 19.4 Å². The number of rotatable bonds is 7. The number of hydrogen-bond donors (Lipinski definition) is 1. The predicted octanol–water partition coefficient (Wildman–Crippen LogP) is 3.71. The van der Waals surface area contributed by atoms with Crippen LogP contribution in [0.3, 0.4) is 0 Å². The second kappa shape index (κ2) is 9.08. The molecule has 1 fully saturated rings. The molecule has 0 amide bonds. The van der Waals surface area contributed by atoms with Crippen molar-refractivity contribution in [3.05, 3.63) is 35.9 Å². The molecule has 1 saturated carbocycles. The topological polar surface area (TPSA) is 63.6 Å². The lowest BCUT2D eigenvalue weighted by Gasteiger charge is -2.29. The lowest BCUT2D eigenvalue weighted by molar-refractivity contribution is -0.143. The van der Waals surface area contributed by atoms with Crippen LogP contribution in [0.15, 0.2) is 30.3 Å². The number of carbonyl (C=O) groups excluding carboxylic acids is 1. The van der Waals surface area contributed by atoms with E-state index >= 15 is 0 Å². The van der Waals surface area contributed by atoms with Gasteiger partial charge in [0.1, 0.15) is 0 Å². The SMILES string of the molecule is CC(=O)SCC(COC1CCC(c2ccccc2)CC1)C(=O)O. The molecule has 1 unspecified atom stereocenters. The lowest BCUT2D eigenvalue weighted by Crippen LogP contribution is -2.28. The van der Waals surface area contributed by atoms with E-state index in [1.54, 1.807) is 0 Å². The highest BCUT2D eigenvalue weighted by atomic mass is 32.2. The molecule has 0 radical (unpaired) electrons. The largest absolute Gasteiger partial charge is 0.481 e. The zero-order valence-corrected chi connectivity index (χ0v) is 14.3. The third-order valence-electron chi connectivity index (χ3n) is 4.32. The van der Waals surface area contributed by atoms with Crippen LogP contribution >= 0.6 is 11.8 Å². The Bertz CT molecular complexity index is 509. The fourth-order valence-electron chi connectivity index (χ4n) is 2.95. The summed E-state index contributed by atoms with van der Waals surface area (Å²) >= 11 is 1.05. The summed E-state index contributed by atoms with van der Waals surface area (Å²) in [6.45, 7) is 1.64. The zero-order chi connectivity index (χ0) is 16.7. The fraction of sp³-hybridized carbons (Fsp3) is 0.556. The number of carboxylic acids is 1. The monoisotopic (exact) mass is 336 g/mol. The van der Waals surface area contributed by atoms with Crippen LogP contribution in [-0.4, -0.2) is 34.7 Å². The molecule has 1 aromatic carbocycles. The van der Waals surface area contributed by atoms with E-state index in [1.807, 2.05) is 6.07 Å². The molecular weight excluding hydrogens is 312 g/mol. The van der Waals surface area contributed by atoms with E-state index in [-0.39, 0.29) is 23.6 Å².